The van der Waals surface area contributed by atoms with Gasteiger partial charge in [0.2, 0.25) is 10.0 Å². The number of benzene rings is 1. The number of hydrogen-bond acceptors (Lipinski definition) is 5. The van der Waals surface area contributed by atoms with Crippen LogP contribution in [0.1, 0.15) is 0 Å². The molecule has 0 heterocycles. The minimum absolute atomic E-state index is 0.108. The van der Waals surface area contributed by atoms with E-state index in [1.165, 1.54) is 18.2 Å². The fourth-order valence-corrected chi connectivity index (χ4v) is 1.82. The Morgan fingerprint density at radius 1 is 1.35 bits per heavy atom. The minimum Gasteiger partial charge on any atom is -0.480 e. The van der Waals surface area contributed by atoms with Gasteiger partial charge in [-0.1, -0.05) is 6.07 Å². The Bertz CT molecular complexity index is 615. The van der Waals surface area contributed by atoms with Crippen LogP contribution in [0.5, 0.6) is 0 Å². The summed E-state index contributed by atoms with van der Waals surface area (Å²) >= 11 is 0. The molecule has 2 amide bonds. The number of sulfonamides is 1. The molecule has 20 heavy (non-hydrogen) atoms. The summed E-state index contributed by atoms with van der Waals surface area (Å²) in [6.45, 7) is -0.778. The number of carboxylic acids is 1. The van der Waals surface area contributed by atoms with Crippen LogP contribution < -0.4 is 15.8 Å². The van der Waals surface area contributed by atoms with Crippen LogP contribution in [0.2, 0.25) is 0 Å². The van der Waals surface area contributed by atoms with Gasteiger partial charge in [0, 0.05) is 5.69 Å². The van der Waals surface area contributed by atoms with Gasteiger partial charge in [-0.2, -0.15) is 0 Å². The lowest BCUT2D eigenvalue weighted by molar-refractivity contribution is -0.140. The maximum absolute atomic E-state index is 11.5. The molecule has 0 spiro atoms. The van der Waals surface area contributed by atoms with Crippen LogP contribution in [-0.2, 0) is 14.8 Å². The van der Waals surface area contributed by atoms with Crippen molar-refractivity contribution in [1.82, 2.24) is 5.32 Å². The first kappa shape index (κ1) is 15.9. The zero-order valence-corrected chi connectivity index (χ0v) is 10.9. The molecule has 10 heteroatoms. The highest BCUT2D eigenvalue weighted by Crippen LogP contribution is 2.13. The number of nitrogens with two attached hydrogens (primary N) is 1. The Balaban J connectivity index is 2.79. The second kappa shape index (κ2) is 6.32. The first-order chi connectivity index (χ1) is 9.24. The molecule has 110 valence electrons. The van der Waals surface area contributed by atoms with Crippen molar-refractivity contribution in [3.8, 4) is 0 Å². The van der Waals surface area contributed by atoms with E-state index in [0.29, 0.717) is 0 Å². The number of primary sulfonamides is 1. The smallest absolute Gasteiger partial charge is 0.328 e. The lowest BCUT2D eigenvalue weighted by atomic mass is 10.3. The number of hydrogen-bond donors (Lipinski definition) is 5. The Labute approximate surface area is 114 Å². The number of carbonyl (C=O) groups excluding carboxylic acids is 1. The molecule has 0 aliphatic rings. The fourth-order valence-electron chi connectivity index (χ4n) is 1.26. The van der Waals surface area contributed by atoms with Gasteiger partial charge in [0.05, 0.1) is 11.5 Å². The number of carboxylic acid groups (broad SMARTS) is 1. The van der Waals surface area contributed by atoms with E-state index in [2.05, 4.69) is 5.32 Å². The summed E-state index contributed by atoms with van der Waals surface area (Å²) in [4.78, 5) is 21.9. The monoisotopic (exact) mass is 303 g/mol. The maximum atomic E-state index is 11.5. The summed E-state index contributed by atoms with van der Waals surface area (Å²) in [6.07, 6.45) is 0. The summed E-state index contributed by atoms with van der Waals surface area (Å²) in [6, 6.07) is 2.74. The Hall–Kier alpha value is -2.17. The molecule has 9 nitrogen and oxygen atoms in total. The molecule has 1 atom stereocenters. The quantitative estimate of drug-likeness (QED) is 0.464. The summed E-state index contributed by atoms with van der Waals surface area (Å²) in [5, 5.41) is 26.5. The Kier molecular flexibility index (Phi) is 5.02. The molecule has 1 aromatic carbocycles. The van der Waals surface area contributed by atoms with Gasteiger partial charge in [-0.05, 0) is 18.2 Å². The topological polar surface area (TPSA) is 159 Å². The number of carbonyl (C=O) groups is 2. The molecule has 0 bridgehead atoms. The van der Waals surface area contributed by atoms with Gasteiger partial charge in [0.25, 0.3) is 0 Å². The van der Waals surface area contributed by atoms with E-state index < -0.39 is 34.7 Å². The van der Waals surface area contributed by atoms with Crippen LogP contribution in [0.3, 0.4) is 0 Å². The minimum atomic E-state index is -3.91. The Morgan fingerprint density at radius 2 is 2.00 bits per heavy atom. The highest BCUT2D eigenvalue weighted by atomic mass is 32.2. The third-order valence-electron chi connectivity index (χ3n) is 2.21. The predicted molar refractivity (Wildman–Crippen MR) is 68.5 cm³/mol. The number of aliphatic hydroxyl groups excluding tert-OH is 1. The summed E-state index contributed by atoms with van der Waals surface area (Å²) in [7, 11) is -3.91. The SMILES string of the molecule is NS(=O)(=O)c1cccc(NC(=O)N[C@H](CO)C(=O)O)c1. The van der Waals surface area contributed by atoms with Crippen LogP contribution in [-0.4, -0.2) is 43.3 Å². The molecule has 0 aliphatic carbocycles. The molecule has 1 aromatic rings. The van der Waals surface area contributed by atoms with Crippen molar-refractivity contribution in [3.05, 3.63) is 24.3 Å². The summed E-state index contributed by atoms with van der Waals surface area (Å²) in [5.74, 6) is -1.40. The van der Waals surface area contributed by atoms with E-state index in [1.54, 1.807) is 0 Å². The molecule has 0 saturated carbocycles. The second-order valence-corrected chi connectivity index (χ2v) is 5.31. The molecule has 6 N–H and O–H groups in total. The van der Waals surface area contributed by atoms with E-state index in [-0.39, 0.29) is 10.6 Å². The van der Waals surface area contributed by atoms with Crippen molar-refractivity contribution in [2.45, 2.75) is 10.9 Å². The normalized spacial score (nSPS) is 12.5. The molecular formula is C10H13N3O6S. The van der Waals surface area contributed by atoms with Crippen molar-refractivity contribution in [2.75, 3.05) is 11.9 Å². The lowest BCUT2D eigenvalue weighted by Crippen LogP contribution is -2.45. The molecule has 0 saturated heterocycles. The number of rotatable bonds is 5. The summed E-state index contributed by atoms with van der Waals surface area (Å²) in [5.41, 5.74) is 0.108. The van der Waals surface area contributed by atoms with Gasteiger partial charge < -0.3 is 20.8 Å². The average Bonchev–Trinajstić information content (AvgIpc) is 2.34. The molecule has 0 fully saturated rings. The van der Waals surface area contributed by atoms with Crippen molar-refractivity contribution in [2.24, 2.45) is 5.14 Å². The van der Waals surface area contributed by atoms with Gasteiger partial charge in [-0.15, -0.1) is 0 Å². The van der Waals surface area contributed by atoms with Crippen LogP contribution in [0, 0.1) is 0 Å². The molecule has 1 rings (SSSR count). The second-order valence-electron chi connectivity index (χ2n) is 3.74. The number of aliphatic carboxylic acids is 1. The van der Waals surface area contributed by atoms with Crippen LogP contribution >= 0.6 is 0 Å². The highest BCUT2D eigenvalue weighted by molar-refractivity contribution is 7.89. The van der Waals surface area contributed by atoms with Crippen molar-refractivity contribution in [3.63, 3.8) is 0 Å². The molecule has 0 aromatic heterocycles. The van der Waals surface area contributed by atoms with E-state index in [9.17, 15) is 18.0 Å². The maximum Gasteiger partial charge on any atom is 0.328 e. The standard InChI is InChI=1S/C10H13N3O6S/c11-20(18,19)7-3-1-2-6(4-7)12-10(17)13-8(5-14)9(15)16/h1-4,8,14H,5H2,(H,15,16)(H2,11,18,19)(H2,12,13,17)/t8-/m1/s1. The third-order valence-corrected chi connectivity index (χ3v) is 3.12. The largest absolute Gasteiger partial charge is 0.480 e. The van der Waals surface area contributed by atoms with Gasteiger partial charge in [0.1, 0.15) is 0 Å². The Morgan fingerprint density at radius 3 is 2.50 bits per heavy atom. The predicted octanol–water partition coefficient (Wildman–Crippen LogP) is -1.10. The van der Waals surface area contributed by atoms with Gasteiger partial charge >= 0.3 is 12.0 Å². The number of urea groups is 1. The first-order valence-corrected chi connectivity index (χ1v) is 6.82. The van der Waals surface area contributed by atoms with E-state index in [1.807, 2.05) is 5.32 Å². The van der Waals surface area contributed by atoms with Gasteiger partial charge in [-0.25, -0.2) is 23.1 Å². The van der Waals surface area contributed by atoms with Crippen molar-refractivity contribution < 1.29 is 28.2 Å². The van der Waals surface area contributed by atoms with Crippen LogP contribution in [0.15, 0.2) is 29.2 Å². The molecule has 0 unspecified atom stereocenters. The molecule has 0 aliphatic heterocycles. The van der Waals surface area contributed by atoms with Crippen molar-refractivity contribution >= 4 is 27.7 Å². The number of nitrogens with one attached hydrogen (secondary N) is 2. The average molecular weight is 303 g/mol. The number of anilines is 1. The van der Waals surface area contributed by atoms with E-state index in [0.717, 1.165) is 6.07 Å². The zero-order chi connectivity index (χ0) is 15.3. The van der Waals surface area contributed by atoms with Gasteiger partial charge in [-0.3, -0.25) is 0 Å². The first-order valence-electron chi connectivity index (χ1n) is 5.28. The highest BCUT2D eigenvalue weighted by Gasteiger charge is 2.18. The zero-order valence-electron chi connectivity index (χ0n) is 10.1. The summed E-state index contributed by atoms with van der Waals surface area (Å²) < 4.78 is 22.2. The van der Waals surface area contributed by atoms with Gasteiger partial charge in [0.15, 0.2) is 6.04 Å². The molecule has 0 radical (unpaired) electrons. The van der Waals surface area contributed by atoms with Crippen molar-refractivity contribution in [1.29, 1.82) is 0 Å². The van der Waals surface area contributed by atoms with Crippen LogP contribution in [0.4, 0.5) is 10.5 Å². The number of amides is 2. The van der Waals surface area contributed by atoms with E-state index >= 15 is 0 Å². The lowest BCUT2D eigenvalue weighted by Gasteiger charge is -2.12. The fraction of sp³-hybridized carbons (Fsp3) is 0.200. The molecular weight excluding hydrogens is 290 g/mol. The third kappa shape index (κ3) is 4.50. The number of aliphatic hydroxyl groups is 1. The van der Waals surface area contributed by atoms with E-state index in [4.69, 9.17) is 15.4 Å². The van der Waals surface area contributed by atoms with Crippen LogP contribution in [0.25, 0.3) is 0 Å².